The molecule has 1 atom stereocenters. The van der Waals surface area contributed by atoms with Crippen LogP contribution in [-0.2, 0) is 6.42 Å². The van der Waals surface area contributed by atoms with Gasteiger partial charge in [0.05, 0.1) is 29.5 Å². The Morgan fingerprint density at radius 2 is 2.23 bits per heavy atom. The number of hydrogen-bond acceptors (Lipinski definition) is 6. The summed E-state index contributed by atoms with van der Waals surface area (Å²) in [6, 6.07) is 9.52. The minimum absolute atomic E-state index is 0.107. The molecule has 0 radical (unpaired) electrons. The van der Waals surface area contributed by atoms with Crippen molar-refractivity contribution in [2.75, 3.05) is 7.11 Å². The van der Waals surface area contributed by atoms with Crippen LogP contribution in [0.2, 0.25) is 0 Å². The van der Waals surface area contributed by atoms with Crippen LogP contribution in [0.4, 0.5) is 0 Å². The quantitative estimate of drug-likeness (QED) is 0.483. The van der Waals surface area contributed by atoms with Crippen LogP contribution in [-0.4, -0.2) is 21.9 Å². The van der Waals surface area contributed by atoms with Crippen molar-refractivity contribution >= 4 is 33.3 Å². The monoisotopic (exact) mass is 385 g/mol. The summed E-state index contributed by atoms with van der Waals surface area (Å²) >= 11 is 2.84. The number of nitriles is 1. The van der Waals surface area contributed by atoms with E-state index >= 15 is 0 Å². The van der Waals surface area contributed by atoms with Crippen molar-refractivity contribution in [3.05, 3.63) is 45.1 Å². The van der Waals surface area contributed by atoms with E-state index in [0.717, 1.165) is 21.7 Å². The van der Waals surface area contributed by atoms with E-state index in [-0.39, 0.29) is 10.8 Å². The maximum atomic E-state index is 13.4. The lowest BCUT2D eigenvalue weighted by molar-refractivity contribution is 0.414. The number of fused-ring (bicyclic) bond motifs is 1. The van der Waals surface area contributed by atoms with Gasteiger partial charge in [-0.25, -0.2) is 4.98 Å². The molecule has 0 bridgehead atoms. The highest BCUT2D eigenvalue weighted by molar-refractivity contribution is 8.00. The third-order valence-corrected chi connectivity index (χ3v) is 6.40. The van der Waals surface area contributed by atoms with E-state index in [4.69, 9.17) is 9.72 Å². The third-order valence-electron chi connectivity index (χ3n) is 4.13. The summed E-state index contributed by atoms with van der Waals surface area (Å²) in [6.07, 6.45) is 0.864. The van der Waals surface area contributed by atoms with Gasteiger partial charge in [-0.1, -0.05) is 24.8 Å². The molecule has 0 aliphatic rings. The van der Waals surface area contributed by atoms with Crippen molar-refractivity contribution in [2.24, 2.45) is 0 Å². The summed E-state index contributed by atoms with van der Waals surface area (Å²) in [7, 11) is 1.59. The van der Waals surface area contributed by atoms with E-state index in [1.54, 1.807) is 36.0 Å². The van der Waals surface area contributed by atoms with Crippen molar-refractivity contribution in [3.63, 3.8) is 0 Å². The maximum Gasteiger partial charge on any atom is 0.267 e. The van der Waals surface area contributed by atoms with Crippen molar-refractivity contribution in [3.8, 4) is 17.5 Å². The van der Waals surface area contributed by atoms with Gasteiger partial charge in [-0.15, -0.1) is 11.3 Å². The summed E-state index contributed by atoms with van der Waals surface area (Å²) in [6.45, 7) is 5.85. The number of hydrogen-bond donors (Lipinski definition) is 0. The van der Waals surface area contributed by atoms with Gasteiger partial charge < -0.3 is 4.74 Å². The molecule has 1 unspecified atom stereocenters. The van der Waals surface area contributed by atoms with Crippen LogP contribution in [0.3, 0.4) is 0 Å². The van der Waals surface area contributed by atoms with Gasteiger partial charge in [-0.3, -0.25) is 9.36 Å². The standard InChI is InChI=1S/C19H19N3O2S2/c1-5-15-12(3)16-17(26-15)21-19(25-11(2)10-20)22(18(16)23)13-7-6-8-14(9-13)24-4/h6-9,11H,5H2,1-4H3. The molecule has 5 nitrogen and oxygen atoms in total. The first-order valence-corrected chi connectivity index (χ1v) is 9.95. The van der Waals surface area contributed by atoms with E-state index in [1.165, 1.54) is 11.8 Å². The molecule has 0 spiro atoms. The topological polar surface area (TPSA) is 67.9 Å². The van der Waals surface area contributed by atoms with Crippen molar-refractivity contribution < 1.29 is 4.74 Å². The zero-order valence-electron chi connectivity index (χ0n) is 15.1. The minimum atomic E-state index is -0.317. The molecule has 0 aliphatic heterocycles. The van der Waals surface area contributed by atoms with E-state index < -0.39 is 0 Å². The Kier molecular flexibility index (Phi) is 5.35. The lowest BCUT2D eigenvalue weighted by atomic mass is 10.2. The van der Waals surface area contributed by atoms with Crippen molar-refractivity contribution in [1.29, 1.82) is 5.26 Å². The van der Waals surface area contributed by atoms with Crippen LogP contribution in [0, 0.1) is 18.3 Å². The molecule has 0 saturated heterocycles. The van der Waals surface area contributed by atoms with Crippen molar-refractivity contribution in [1.82, 2.24) is 9.55 Å². The van der Waals surface area contributed by atoms with Crippen LogP contribution in [0.25, 0.3) is 15.9 Å². The Hall–Kier alpha value is -2.30. The highest BCUT2D eigenvalue weighted by Crippen LogP contribution is 2.32. The SMILES string of the molecule is CCc1sc2nc(SC(C)C#N)n(-c3cccc(OC)c3)c(=O)c2c1C. The lowest BCUT2D eigenvalue weighted by Crippen LogP contribution is -2.22. The Balaban J connectivity index is 2.35. The minimum Gasteiger partial charge on any atom is -0.497 e. The highest BCUT2D eigenvalue weighted by atomic mass is 32.2. The molecule has 3 aromatic rings. The molecule has 2 aromatic heterocycles. The second-order valence-corrected chi connectivity index (χ2v) is 8.20. The molecule has 0 aliphatic carbocycles. The number of benzene rings is 1. The summed E-state index contributed by atoms with van der Waals surface area (Å²) in [4.78, 5) is 20.0. The number of thiophene rings is 1. The Morgan fingerprint density at radius 1 is 1.46 bits per heavy atom. The van der Waals surface area contributed by atoms with Gasteiger partial charge >= 0.3 is 0 Å². The first-order valence-electron chi connectivity index (χ1n) is 8.25. The number of thioether (sulfide) groups is 1. The summed E-state index contributed by atoms with van der Waals surface area (Å²) in [5, 5.41) is 10.1. The molecule has 26 heavy (non-hydrogen) atoms. The average Bonchev–Trinajstić information content (AvgIpc) is 2.97. The highest BCUT2D eigenvalue weighted by Gasteiger charge is 2.20. The number of aromatic nitrogens is 2. The second-order valence-electron chi connectivity index (χ2n) is 5.81. The first kappa shape index (κ1) is 18.5. The number of ether oxygens (including phenoxy) is 1. The van der Waals surface area contributed by atoms with E-state index in [2.05, 4.69) is 13.0 Å². The fraction of sp³-hybridized carbons (Fsp3) is 0.316. The zero-order valence-corrected chi connectivity index (χ0v) is 16.7. The molecule has 0 amide bonds. The zero-order chi connectivity index (χ0) is 18.8. The molecule has 0 saturated carbocycles. The van der Waals surface area contributed by atoms with Gasteiger partial charge in [0.2, 0.25) is 0 Å². The van der Waals surface area contributed by atoms with Gasteiger partial charge in [-0.05, 0) is 38.0 Å². The predicted octanol–water partition coefficient (Wildman–Crippen LogP) is 4.33. The predicted molar refractivity (Wildman–Crippen MR) is 107 cm³/mol. The molecule has 0 fully saturated rings. The van der Waals surface area contributed by atoms with E-state index in [9.17, 15) is 10.1 Å². The van der Waals surface area contributed by atoms with Gasteiger partial charge in [0, 0.05) is 10.9 Å². The molecule has 2 heterocycles. The first-order chi connectivity index (χ1) is 12.5. The fourth-order valence-corrected chi connectivity index (χ4v) is 4.76. The maximum absolute atomic E-state index is 13.4. The van der Waals surface area contributed by atoms with Crippen LogP contribution in [0.15, 0.2) is 34.2 Å². The van der Waals surface area contributed by atoms with Crippen LogP contribution in [0.5, 0.6) is 5.75 Å². The Morgan fingerprint density at radius 3 is 2.88 bits per heavy atom. The average molecular weight is 386 g/mol. The van der Waals surface area contributed by atoms with E-state index in [0.29, 0.717) is 22.0 Å². The summed E-state index contributed by atoms with van der Waals surface area (Å²) < 4.78 is 6.88. The van der Waals surface area contributed by atoms with Crippen LogP contribution in [0.1, 0.15) is 24.3 Å². The Bertz CT molecular complexity index is 1060. The van der Waals surface area contributed by atoms with Gasteiger partial charge in [-0.2, -0.15) is 5.26 Å². The summed E-state index contributed by atoms with van der Waals surface area (Å²) in [5.41, 5.74) is 1.57. The largest absolute Gasteiger partial charge is 0.497 e. The Labute approximate surface area is 160 Å². The smallest absolute Gasteiger partial charge is 0.267 e. The van der Waals surface area contributed by atoms with Gasteiger partial charge in [0.15, 0.2) is 5.16 Å². The number of rotatable bonds is 5. The van der Waals surface area contributed by atoms with Crippen LogP contribution < -0.4 is 10.3 Å². The number of nitrogens with zero attached hydrogens (tertiary/aromatic N) is 3. The van der Waals surface area contributed by atoms with Gasteiger partial charge in [0.25, 0.3) is 5.56 Å². The fourth-order valence-electron chi connectivity index (χ4n) is 2.79. The van der Waals surface area contributed by atoms with Crippen molar-refractivity contribution in [2.45, 2.75) is 37.6 Å². The van der Waals surface area contributed by atoms with Crippen LogP contribution >= 0.6 is 23.1 Å². The molecule has 134 valence electrons. The molecule has 1 aromatic carbocycles. The normalized spacial score (nSPS) is 12.1. The second kappa shape index (κ2) is 7.52. The van der Waals surface area contributed by atoms with Gasteiger partial charge in [0.1, 0.15) is 10.6 Å². The number of methoxy groups -OCH3 is 1. The molecular weight excluding hydrogens is 366 g/mol. The lowest BCUT2D eigenvalue weighted by Gasteiger charge is -2.13. The number of aryl methyl sites for hydroxylation is 2. The molecule has 0 N–H and O–H groups in total. The third kappa shape index (κ3) is 3.22. The summed E-state index contributed by atoms with van der Waals surface area (Å²) in [5.74, 6) is 0.662. The molecule has 3 rings (SSSR count). The molecule has 7 heteroatoms. The van der Waals surface area contributed by atoms with E-state index in [1.807, 2.05) is 25.1 Å². The molecular formula is C19H19N3O2S2.